The molecule has 2 aromatic carbocycles. The summed E-state index contributed by atoms with van der Waals surface area (Å²) in [6, 6.07) is 12.8. The van der Waals surface area contributed by atoms with Crippen LogP contribution in [-0.4, -0.2) is 28.7 Å². The number of rotatable bonds is 3. The summed E-state index contributed by atoms with van der Waals surface area (Å²) < 4.78 is 7.04. The summed E-state index contributed by atoms with van der Waals surface area (Å²) in [5.74, 6) is 0.687. The second-order valence-corrected chi connectivity index (χ2v) is 7.62. The summed E-state index contributed by atoms with van der Waals surface area (Å²) >= 11 is 5.96. The highest BCUT2D eigenvalue weighted by atomic mass is 35.5. The van der Waals surface area contributed by atoms with Crippen LogP contribution in [0.2, 0.25) is 5.02 Å². The number of nitrogens with one attached hydrogen (secondary N) is 2. The molecule has 7 nitrogen and oxygen atoms in total. The molecular weight excluding hydrogens is 392 g/mol. The van der Waals surface area contributed by atoms with Gasteiger partial charge in [0.2, 0.25) is 11.8 Å². The highest BCUT2D eigenvalue weighted by Gasteiger charge is 2.54. The van der Waals surface area contributed by atoms with Gasteiger partial charge in [0.05, 0.1) is 19.9 Å². The molecule has 8 heteroatoms. The normalized spacial score (nSPS) is 19.5. The van der Waals surface area contributed by atoms with Gasteiger partial charge in [-0.05, 0) is 35.9 Å². The predicted octanol–water partition coefficient (Wildman–Crippen LogP) is 3.17. The number of nitrogens with zero attached hydrogens (tertiary/aromatic N) is 2. The third kappa shape index (κ3) is 2.61. The van der Waals surface area contributed by atoms with E-state index in [1.54, 1.807) is 42.3 Å². The minimum absolute atomic E-state index is 0.0125. The van der Waals surface area contributed by atoms with Crippen LogP contribution in [0.25, 0.3) is 0 Å². The van der Waals surface area contributed by atoms with Crippen molar-refractivity contribution in [2.75, 3.05) is 17.7 Å². The van der Waals surface area contributed by atoms with Crippen LogP contribution in [0.15, 0.2) is 48.7 Å². The molecule has 1 spiro atoms. The number of carbonyl (C=O) groups is 2. The fourth-order valence-electron chi connectivity index (χ4n) is 4.13. The highest BCUT2D eigenvalue weighted by Crippen LogP contribution is 2.50. The predicted molar refractivity (Wildman–Crippen MR) is 108 cm³/mol. The molecule has 1 aromatic heterocycles. The molecule has 0 aliphatic carbocycles. The van der Waals surface area contributed by atoms with E-state index >= 15 is 0 Å². The van der Waals surface area contributed by atoms with Crippen LogP contribution >= 0.6 is 11.6 Å². The number of benzene rings is 2. The van der Waals surface area contributed by atoms with Crippen molar-refractivity contribution in [2.24, 2.45) is 0 Å². The molecule has 0 bridgehead atoms. The van der Waals surface area contributed by atoms with Crippen molar-refractivity contribution in [3.8, 4) is 5.75 Å². The number of methoxy groups -OCH3 is 1. The molecule has 3 heterocycles. The molecule has 29 heavy (non-hydrogen) atoms. The molecular formula is C21H17ClN4O3. The Kier molecular flexibility index (Phi) is 3.89. The molecule has 3 aromatic rings. The van der Waals surface area contributed by atoms with E-state index in [4.69, 9.17) is 16.3 Å². The van der Waals surface area contributed by atoms with E-state index in [0.717, 1.165) is 11.1 Å². The lowest BCUT2D eigenvalue weighted by Gasteiger charge is -2.31. The smallest absolute Gasteiger partial charge is 0.240 e. The maximum Gasteiger partial charge on any atom is 0.240 e. The van der Waals surface area contributed by atoms with Crippen molar-refractivity contribution in [1.82, 2.24) is 9.78 Å². The zero-order valence-corrected chi connectivity index (χ0v) is 16.3. The molecule has 0 radical (unpaired) electrons. The van der Waals surface area contributed by atoms with Crippen molar-refractivity contribution in [2.45, 2.75) is 18.4 Å². The van der Waals surface area contributed by atoms with E-state index in [1.807, 2.05) is 18.2 Å². The monoisotopic (exact) mass is 408 g/mol. The Morgan fingerprint density at radius 3 is 2.69 bits per heavy atom. The van der Waals surface area contributed by atoms with Gasteiger partial charge in [-0.1, -0.05) is 23.7 Å². The molecule has 2 aliphatic rings. The maximum absolute atomic E-state index is 13.1. The number of halogens is 1. The topological polar surface area (TPSA) is 85.2 Å². The van der Waals surface area contributed by atoms with E-state index in [0.29, 0.717) is 34.4 Å². The van der Waals surface area contributed by atoms with Gasteiger partial charge in [-0.15, -0.1) is 0 Å². The van der Waals surface area contributed by atoms with Crippen molar-refractivity contribution < 1.29 is 14.3 Å². The van der Waals surface area contributed by atoms with E-state index in [1.165, 1.54) is 0 Å². The molecule has 0 fully saturated rings. The Bertz CT molecular complexity index is 1160. The minimum atomic E-state index is -1.13. The lowest BCUT2D eigenvalue weighted by atomic mass is 9.72. The average molecular weight is 409 g/mol. The Morgan fingerprint density at radius 2 is 1.93 bits per heavy atom. The van der Waals surface area contributed by atoms with Gasteiger partial charge in [0.1, 0.15) is 17.0 Å². The summed E-state index contributed by atoms with van der Waals surface area (Å²) in [5.41, 5.74) is 1.94. The standard InChI is InChI=1S/C21H17ClN4O3/c1-29-14-6-7-17-15(8-14)21(20(28)24-17)9-18(27)25-19-16(21)10-23-26(19)11-12-2-4-13(22)5-3-12/h2-8,10H,9,11H2,1H3,(H,24,28)(H,25,27)/t21-/m1/s1. The Morgan fingerprint density at radius 1 is 1.14 bits per heavy atom. The third-order valence-corrected chi connectivity index (χ3v) is 5.80. The number of aromatic nitrogens is 2. The molecule has 1 atom stereocenters. The fraction of sp³-hybridized carbons (Fsp3) is 0.190. The number of amides is 2. The fourth-order valence-corrected chi connectivity index (χ4v) is 4.26. The molecule has 2 aliphatic heterocycles. The van der Waals surface area contributed by atoms with Gasteiger partial charge in [0.25, 0.3) is 0 Å². The molecule has 0 saturated carbocycles. The first kappa shape index (κ1) is 17.8. The third-order valence-electron chi connectivity index (χ3n) is 5.55. The second kappa shape index (κ2) is 6.35. The van der Waals surface area contributed by atoms with Gasteiger partial charge >= 0.3 is 0 Å². The van der Waals surface area contributed by atoms with Crippen LogP contribution in [0.5, 0.6) is 5.75 Å². The van der Waals surface area contributed by atoms with Crippen molar-refractivity contribution >= 4 is 34.9 Å². The van der Waals surface area contributed by atoms with Crippen molar-refractivity contribution in [3.05, 3.63) is 70.4 Å². The van der Waals surface area contributed by atoms with Crippen LogP contribution < -0.4 is 15.4 Å². The van der Waals surface area contributed by atoms with E-state index in [-0.39, 0.29) is 18.2 Å². The molecule has 2 amide bonds. The first-order chi connectivity index (χ1) is 14.0. The summed E-state index contributed by atoms with van der Waals surface area (Å²) in [6.07, 6.45) is 1.68. The Hall–Kier alpha value is -3.32. The van der Waals surface area contributed by atoms with Crippen molar-refractivity contribution in [1.29, 1.82) is 0 Å². The number of carbonyl (C=O) groups excluding carboxylic acids is 2. The first-order valence-corrected chi connectivity index (χ1v) is 9.49. The first-order valence-electron chi connectivity index (χ1n) is 9.12. The molecule has 2 N–H and O–H groups in total. The van der Waals surface area contributed by atoms with Crippen LogP contribution in [0.4, 0.5) is 11.5 Å². The molecule has 146 valence electrons. The van der Waals surface area contributed by atoms with E-state index < -0.39 is 5.41 Å². The van der Waals surface area contributed by atoms with Gasteiger partial charge in [-0.2, -0.15) is 5.10 Å². The minimum Gasteiger partial charge on any atom is -0.497 e. The highest BCUT2D eigenvalue weighted by molar-refractivity contribution is 6.30. The van der Waals surface area contributed by atoms with Gasteiger partial charge in [-0.25, -0.2) is 4.68 Å². The molecule has 0 saturated heterocycles. The lowest BCUT2D eigenvalue weighted by molar-refractivity contribution is -0.125. The zero-order chi connectivity index (χ0) is 20.2. The Labute approximate surface area is 171 Å². The van der Waals surface area contributed by atoms with Gasteiger partial charge in [0.15, 0.2) is 0 Å². The average Bonchev–Trinajstić information content (AvgIpc) is 3.23. The summed E-state index contributed by atoms with van der Waals surface area (Å²) in [7, 11) is 1.57. The summed E-state index contributed by atoms with van der Waals surface area (Å²) in [6.45, 7) is 0.440. The van der Waals surface area contributed by atoms with Crippen molar-refractivity contribution in [3.63, 3.8) is 0 Å². The number of ether oxygens (including phenoxy) is 1. The second-order valence-electron chi connectivity index (χ2n) is 7.19. The molecule has 5 rings (SSSR count). The van der Waals surface area contributed by atoms with Crippen LogP contribution in [0.1, 0.15) is 23.1 Å². The van der Waals surface area contributed by atoms with Crippen LogP contribution in [0.3, 0.4) is 0 Å². The number of hydrogen-bond acceptors (Lipinski definition) is 4. The molecule has 0 unspecified atom stereocenters. The maximum atomic E-state index is 13.1. The lowest BCUT2D eigenvalue weighted by Crippen LogP contribution is -2.43. The Balaban J connectivity index is 1.64. The zero-order valence-electron chi connectivity index (χ0n) is 15.5. The number of fused-ring (bicyclic) bond motifs is 4. The largest absolute Gasteiger partial charge is 0.497 e. The van der Waals surface area contributed by atoms with Crippen LogP contribution in [-0.2, 0) is 21.5 Å². The van der Waals surface area contributed by atoms with E-state index in [2.05, 4.69) is 15.7 Å². The van der Waals surface area contributed by atoms with Crippen LogP contribution in [0, 0.1) is 0 Å². The number of hydrogen-bond donors (Lipinski definition) is 2. The quantitative estimate of drug-likeness (QED) is 0.697. The van der Waals surface area contributed by atoms with Gasteiger partial charge < -0.3 is 15.4 Å². The van der Waals surface area contributed by atoms with E-state index in [9.17, 15) is 9.59 Å². The van der Waals surface area contributed by atoms with Gasteiger partial charge in [0, 0.05) is 28.3 Å². The van der Waals surface area contributed by atoms with Gasteiger partial charge in [-0.3, -0.25) is 9.59 Å². The summed E-state index contributed by atoms with van der Waals surface area (Å²) in [4.78, 5) is 25.8. The SMILES string of the molecule is COc1ccc2c(c1)[C@@]1(CC(=O)Nc3c1cnn3Cc1ccc(Cl)cc1)C(=O)N2. The number of anilines is 2. The summed E-state index contributed by atoms with van der Waals surface area (Å²) in [5, 5.41) is 10.9.